The number of hydrogen-bond acceptors (Lipinski definition) is 4. The van der Waals surface area contributed by atoms with Crippen molar-refractivity contribution in [3.05, 3.63) is 75.8 Å². The zero-order valence-electron chi connectivity index (χ0n) is 20.2. The molecule has 0 fully saturated rings. The predicted octanol–water partition coefficient (Wildman–Crippen LogP) is 5.93. The Labute approximate surface area is 199 Å². The van der Waals surface area contributed by atoms with Crippen molar-refractivity contribution in [1.82, 2.24) is 24.1 Å². The van der Waals surface area contributed by atoms with Crippen LogP contribution >= 0.6 is 0 Å². The molecule has 5 aromatic rings. The summed E-state index contributed by atoms with van der Waals surface area (Å²) in [7, 11) is 0. The van der Waals surface area contributed by atoms with E-state index in [4.69, 9.17) is 15.0 Å². The van der Waals surface area contributed by atoms with E-state index in [0.29, 0.717) is 35.3 Å². The second-order valence-corrected chi connectivity index (χ2v) is 9.18. The third kappa shape index (κ3) is 4.09. The van der Waals surface area contributed by atoms with Gasteiger partial charge in [0, 0.05) is 6.54 Å². The summed E-state index contributed by atoms with van der Waals surface area (Å²) >= 11 is 0. The van der Waals surface area contributed by atoms with Crippen LogP contribution in [0.25, 0.3) is 33.2 Å². The molecule has 3 aromatic heterocycles. The average molecular weight is 454 g/mol. The largest absolute Gasteiger partial charge is 0.304 e. The lowest BCUT2D eigenvalue weighted by Gasteiger charge is -2.11. The molecule has 0 bridgehead atoms. The first-order valence-electron chi connectivity index (χ1n) is 12.3. The molecule has 2 aromatic carbocycles. The van der Waals surface area contributed by atoms with Gasteiger partial charge in [0.25, 0.3) is 5.56 Å². The minimum absolute atomic E-state index is 0.0183. The van der Waals surface area contributed by atoms with Gasteiger partial charge in [-0.15, -0.1) is 0 Å². The number of aryl methyl sites for hydroxylation is 2. The molecule has 0 saturated heterocycles. The number of para-hydroxylation sites is 2. The summed E-state index contributed by atoms with van der Waals surface area (Å²) in [5.41, 5.74) is 5.95. The maximum absolute atomic E-state index is 13.8. The van der Waals surface area contributed by atoms with Gasteiger partial charge in [-0.05, 0) is 38.0 Å². The third-order valence-electron chi connectivity index (χ3n) is 6.59. The third-order valence-corrected chi connectivity index (χ3v) is 6.59. The molecule has 0 unspecified atom stereocenters. The van der Waals surface area contributed by atoms with Gasteiger partial charge in [-0.2, -0.15) is 0 Å². The zero-order valence-corrected chi connectivity index (χ0v) is 20.2. The monoisotopic (exact) mass is 453 g/mol. The van der Waals surface area contributed by atoms with Gasteiger partial charge >= 0.3 is 0 Å². The fraction of sp³-hybridized carbons (Fsp3) is 0.357. The fourth-order valence-corrected chi connectivity index (χ4v) is 4.66. The van der Waals surface area contributed by atoms with E-state index in [-0.39, 0.29) is 5.56 Å². The molecule has 34 heavy (non-hydrogen) atoms. The SMILES string of the molecule is CCCCCCCn1c(C)nc2c(c1=O)c1nc3ccccc3nc1n2Cc1ccc(C)cc1. The van der Waals surface area contributed by atoms with Crippen LogP contribution in [0.15, 0.2) is 53.3 Å². The molecule has 0 N–H and O–H groups in total. The Balaban J connectivity index is 1.69. The minimum atomic E-state index is -0.0183. The Bertz CT molecular complexity index is 1530. The van der Waals surface area contributed by atoms with Crippen molar-refractivity contribution >= 4 is 33.2 Å². The van der Waals surface area contributed by atoms with E-state index in [1.165, 1.54) is 24.8 Å². The van der Waals surface area contributed by atoms with Crippen LogP contribution in [0.2, 0.25) is 0 Å². The Kier molecular flexibility index (Phi) is 6.14. The Morgan fingerprint density at radius 2 is 1.47 bits per heavy atom. The van der Waals surface area contributed by atoms with E-state index >= 15 is 0 Å². The molecule has 0 atom stereocenters. The standard InChI is InChI=1S/C28H31N5O/c1-4-5-6-7-10-17-32-20(3)29-26-24(28(32)34)25-27(31-23-12-9-8-11-22(23)30-25)33(26)18-21-15-13-19(2)14-16-21/h8-9,11-16H,4-7,10,17-18H2,1-3H3. The summed E-state index contributed by atoms with van der Waals surface area (Å²) in [5.74, 6) is 0.741. The summed E-state index contributed by atoms with van der Waals surface area (Å²) in [6.45, 7) is 7.49. The molecule has 0 aliphatic heterocycles. The second-order valence-electron chi connectivity index (χ2n) is 9.18. The van der Waals surface area contributed by atoms with Crippen molar-refractivity contribution in [3.63, 3.8) is 0 Å². The smallest absolute Gasteiger partial charge is 0.265 e. The molecule has 0 spiro atoms. The molecule has 0 radical (unpaired) electrons. The maximum atomic E-state index is 13.8. The van der Waals surface area contributed by atoms with Crippen LogP contribution < -0.4 is 5.56 Å². The quantitative estimate of drug-likeness (QED) is 0.273. The Hall–Kier alpha value is -3.54. The van der Waals surface area contributed by atoms with Crippen LogP contribution in [0.1, 0.15) is 56.0 Å². The highest BCUT2D eigenvalue weighted by Gasteiger charge is 2.21. The molecule has 0 amide bonds. The van der Waals surface area contributed by atoms with Gasteiger partial charge in [0.1, 0.15) is 16.7 Å². The van der Waals surface area contributed by atoms with Crippen LogP contribution in [-0.2, 0) is 13.1 Å². The molecule has 5 rings (SSSR count). The number of aromatic nitrogens is 5. The first-order chi connectivity index (χ1) is 16.6. The van der Waals surface area contributed by atoms with Crippen LogP contribution in [0.4, 0.5) is 0 Å². The number of nitrogens with zero attached hydrogens (tertiary/aromatic N) is 5. The van der Waals surface area contributed by atoms with Crippen molar-refractivity contribution in [2.45, 2.75) is 66.0 Å². The average Bonchev–Trinajstić information content (AvgIpc) is 3.12. The Morgan fingerprint density at radius 3 is 2.21 bits per heavy atom. The van der Waals surface area contributed by atoms with E-state index in [9.17, 15) is 4.79 Å². The molecule has 0 aliphatic rings. The number of hydrogen-bond donors (Lipinski definition) is 0. The van der Waals surface area contributed by atoms with Gasteiger partial charge in [0.2, 0.25) is 0 Å². The van der Waals surface area contributed by atoms with Crippen molar-refractivity contribution < 1.29 is 0 Å². The summed E-state index contributed by atoms with van der Waals surface area (Å²) < 4.78 is 3.87. The maximum Gasteiger partial charge on any atom is 0.265 e. The fourth-order valence-electron chi connectivity index (χ4n) is 4.66. The number of unbranched alkanes of at least 4 members (excludes halogenated alkanes) is 4. The van der Waals surface area contributed by atoms with E-state index in [2.05, 4.69) is 42.7 Å². The molecular weight excluding hydrogens is 422 g/mol. The Morgan fingerprint density at radius 1 is 0.765 bits per heavy atom. The topological polar surface area (TPSA) is 65.6 Å². The van der Waals surface area contributed by atoms with Crippen LogP contribution in [0.5, 0.6) is 0 Å². The highest BCUT2D eigenvalue weighted by Crippen LogP contribution is 2.26. The van der Waals surface area contributed by atoms with Crippen LogP contribution in [0, 0.1) is 13.8 Å². The van der Waals surface area contributed by atoms with Crippen molar-refractivity contribution in [2.75, 3.05) is 0 Å². The number of fused-ring (bicyclic) bond motifs is 4. The summed E-state index contributed by atoms with van der Waals surface area (Å²) in [4.78, 5) is 28.5. The lowest BCUT2D eigenvalue weighted by molar-refractivity contribution is 0.546. The second kappa shape index (κ2) is 9.37. The first-order valence-corrected chi connectivity index (χ1v) is 12.3. The van der Waals surface area contributed by atoms with Gasteiger partial charge in [-0.1, -0.05) is 74.6 Å². The molecule has 6 nitrogen and oxygen atoms in total. The molecular formula is C28H31N5O. The van der Waals surface area contributed by atoms with E-state index in [1.54, 1.807) is 0 Å². The summed E-state index contributed by atoms with van der Waals surface area (Å²) in [6, 6.07) is 16.3. The molecule has 6 heteroatoms. The predicted molar refractivity (Wildman–Crippen MR) is 138 cm³/mol. The van der Waals surface area contributed by atoms with E-state index in [0.717, 1.165) is 35.3 Å². The highest BCUT2D eigenvalue weighted by molar-refractivity contribution is 6.04. The van der Waals surface area contributed by atoms with Gasteiger partial charge in [-0.25, -0.2) is 15.0 Å². The molecule has 3 heterocycles. The van der Waals surface area contributed by atoms with Gasteiger partial charge in [0.15, 0.2) is 11.3 Å². The lowest BCUT2D eigenvalue weighted by atomic mass is 10.1. The first kappa shape index (κ1) is 22.3. The van der Waals surface area contributed by atoms with Crippen molar-refractivity contribution in [3.8, 4) is 0 Å². The van der Waals surface area contributed by atoms with Gasteiger partial charge < -0.3 is 4.57 Å². The molecule has 0 saturated carbocycles. The summed E-state index contributed by atoms with van der Waals surface area (Å²) in [5, 5.41) is 0.569. The van der Waals surface area contributed by atoms with Crippen LogP contribution in [-0.4, -0.2) is 24.1 Å². The lowest BCUT2D eigenvalue weighted by Crippen LogP contribution is -2.24. The van der Waals surface area contributed by atoms with Gasteiger partial charge in [-0.3, -0.25) is 9.36 Å². The minimum Gasteiger partial charge on any atom is -0.304 e. The number of rotatable bonds is 8. The van der Waals surface area contributed by atoms with Crippen molar-refractivity contribution in [2.24, 2.45) is 0 Å². The highest BCUT2D eigenvalue weighted by atomic mass is 16.1. The molecule has 174 valence electrons. The molecule has 0 aliphatic carbocycles. The van der Waals surface area contributed by atoms with E-state index < -0.39 is 0 Å². The van der Waals surface area contributed by atoms with Crippen molar-refractivity contribution in [1.29, 1.82) is 0 Å². The number of benzene rings is 2. The van der Waals surface area contributed by atoms with Crippen LogP contribution in [0.3, 0.4) is 0 Å². The normalized spacial score (nSPS) is 11.7. The van der Waals surface area contributed by atoms with E-state index in [1.807, 2.05) is 35.8 Å². The summed E-state index contributed by atoms with van der Waals surface area (Å²) in [6.07, 6.45) is 5.75. The van der Waals surface area contributed by atoms with Gasteiger partial charge in [0.05, 0.1) is 17.6 Å². The zero-order chi connectivity index (χ0) is 23.7.